The summed E-state index contributed by atoms with van der Waals surface area (Å²) in [4.78, 5) is 13.3. The van der Waals surface area contributed by atoms with Gasteiger partial charge in [-0.1, -0.05) is 0 Å². The summed E-state index contributed by atoms with van der Waals surface area (Å²) in [5.74, 6) is -0.487. The van der Waals surface area contributed by atoms with E-state index in [9.17, 15) is 13.2 Å². The first-order valence-electron chi connectivity index (χ1n) is 5.14. The fourth-order valence-electron chi connectivity index (χ4n) is 2.02. The van der Waals surface area contributed by atoms with Crippen molar-refractivity contribution >= 4 is 21.6 Å². The lowest BCUT2D eigenvalue weighted by Gasteiger charge is -2.13. The van der Waals surface area contributed by atoms with Gasteiger partial charge in [0.1, 0.15) is 0 Å². The smallest absolute Gasteiger partial charge is 0.227 e. The maximum absolute atomic E-state index is 11.7. The number of anilines is 1. The molecule has 0 bridgehead atoms. The van der Waals surface area contributed by atoms with E-state index < -0.39 is 10.0 Å². The Balaban J connectivity index is 2.10. The molecule has 17 heavy (non-hydrogen) atoms. The van der Waals surface area contributed by atoms with Crippen LogP contribution in [0, 0.1) is 5.92 Å². The van der Waals surface area contributed by atoms with Crippen LogP contribution in [0.1, 0.15) is 6.42 Å². The maximum Gasteiger partial charge on any atom is 0.227 e. The molecule has 0 spiro atoms. The average Bonchev–Trinajstić information content (AvgIpc) is 2.70. The molecule has 8 heteroatoms. The summed E-state index contributed by atoms with van der Waals surface area (Å²) in [5.41, 5.74) is 0.689. The summed E-state index contributed by atoms with van der Waals surface area (Å²) in [5, 5.41) is 8.95. The molecule has 1 unspecified atom stereocenters. The van der Waals surface area contributed by atoms with Gasteiger partial charge in [0, 0.05) is 32.1 Å². The lowest BCUT2D eigenvalue weighted by Crippen LogP contribution is -2.27. The summed E-state index contributed by atoms with van der Waals surface area (Å²) >= 11 is 0. The van der Waals surface area contributed by atoms with Crippen LogP contribution in [0.5, 0.6) is 0 Å². The Morgan fingerprint density at radius 3 is 2.82 bits per heavy atom. The van der Waals surface area contributed by atoms with Crippen molar-refractivity contribution in [3.63, 3.8) is 0 Å². The van der Waals surface area contributed by atoms with Crippen molar-refractivity contribution in [3.8, 4) is 0 Å². The molecule has 1 aliphatic rings. The van der Waals surface area contributed by atoms with E-state index in [1.54, 1.807) is 29.0 Å². The summed E-state index contributed by atoms with van der Waals surface area (Å²) in [7, 11) is -1.78. The molecule has 7 nitrogen and oxygen atoms in total. The second-order valence-electron chi connectivity index (χ2n) is 4.28. The number of aryl methyl sites for hydroxylation is 1. The van der Waals surface area contributed by atoms with Gasteiger partial charge in [0.25, 0.3) is 0 Å². The first kappa shape index (κ1) is 12.1. The molecule has 0 saturated carbocycles. The number of hydrogen-bond acceptors (Lipinski definition) is 4. The Bertz CT molecular complexity index is 536. The number of nitrogens with two attached hydrogens (primary N) is 1. The Hall–Kier alpha value is -1.41. The van der Waals surface area contributed by atoms with E-state index in [2.05, 4.69) is 5.10 Å². The summed E-state index contributed by atoms with van der Waals surface area (Å²) in [6.07, 6.45) is 3.51. The number of aromatic nitrogens is 2. The minimum Gasteiger partial charge on any atom is -0.309 e. The van der Waals surface area contributed by atoms with E-state index in [0.717, 1.165) is 0 Å². The van der Waals surface area contributed by atoms with Gasteiger partial charge in [-0.15, -0.1) is 0 Å². The predicted octanol–water partition coefficient (Wildman–Crippen LogP) is -0.938. The Kier molecular flexibility index (Phi) is 2.92. The Morgan fingerprint density at radius 2 is 2.29 bits per heavy atom. The molecule has 1 aromatic rings. The van der Waals surface area contributed by atoms with E-state index >= 15 is 0 Å². The van der Waals surface area contributed by atoms with Crippen LogP contribution in [0.4, 0.5) is 5.69 Å². The number of rotatable bonds is 3. The predicted molar refractivity (Wildman–Crippen MR) is 61.6 cm³/mol. The molecule has 2 heterocycles. The van der Waals surface area contributed by atoms with Crippen LogP contribution in [-0.4, -0.2) is 36.4 Å². The summed E-state index contributed by atoms with van der Waals surface area (Å²) in [6, 6.07) is 0. The molecule has 1 fully saturated rings. The van der Waals surface area contributed by atoms with Gasteiger partial charge >= 0.3 is 0 Å². The topological polar surface area (TPSA) is 98.3 Å². The maximum atomic E-state index is 11.7. The number of carbonyl (C=O) groups excluding carboxylic acids is 1. The van der Waals surface area contributed by atoms with E-state index in [-0.39, 0.29) is 24.0 Å². The zero-order valence-electron chi connectivity index (χ0n) is 9.41. The van der Waals surface area contributed by atoms with E-state index in [0.29, 0.717) is 12.2 Å². The molecule has 1 aromatic heterocycles. The highest BCUT2D eigenvalue weighted by atomic mass is 32.2. The Labute approximate surface area is 99.2 Å². The quantitative estimate of drug-likeness (QED) is 0.756. The van der Waals surface area contributed by atoms with E-state index in [1.165, 1.54) is 0 Å². The van der Waals surface area contributed by atoms with Crippen LogP contribution < -0.4 is 10.0 Å². The van der Waals surface area contributed by atoms with Gasteiger partial charge in [0.05, 0.1) is 17.6 Å². The van der Waals surface area contributed by atoms with E-state index in [1.807, 2.05) is 0 Å². The number of primary sulfonamides is 1. The molecule has 0 radical (unpaired) electrons. The highest BCUT2D eigenvalue weighted by Crippen LogP contribution is 2.24. The largest absolute Gasteiger partial charge is 0.309 e. The number of hydrogen-bond donors (Lipinski definition) is 1. The van der Waals surface area contributed by atoms with Gasteiger partial charge in [-0.25, -0.2) is 13.6 Å². The van der Waals surface area contributed by atoms with Gasteiger partial charge in [0.15, 0.2) is 0 Å². The molecule has 1 saturated heterocycles. The lowest BCUT2D eigenvalue weighted by atomic mass is 10.1. The monoisotopic (exact) mass is 258 g/mol. The van der Waals surface area contributed by atoms with Gasteiger partial charge < -0.3 is 4.90 Å². The van der Waals surface area contributed by atoms with Crippen LogP contribution in [0.2, 0.25) is 0 Å². The van der Waals surface area contributed by atoms with Gasteiger partial charge in [-0.2, -0.15) is 5.10 Å². The molecule has 2 rings (SSSR count). The van der Waals surface area contributed by atoms with Crippen LogP contribution in [-0.2, 0) is 21.9 Å². The molecule has 1 atom stereocenters. The molecule has 94 valence electrons. The zero-order valence-corrected chi connectivity index (χ0v) is 10.2. The van der Waals surface area contributed by atoms with Gasteiger partial charge in [0.2, 0.25) is 15.9 Å². The fourth-order valence-corrected chi connectivity index (χ4v) is 2.90. The minimum atomic E-state index is -3.53. The van der Waals surface area contributed by atoms with Crippen molar-refractivity contribution in [1.29, 1.82) is 0 Å². The third-order valence-electron chi connectivity index (χ3n) is 2.68. The third-order valence-corrected chi connectivity index (χ3v) is 3.61. The van der Waals surface area contributed by atoms with Crippen LogP contribution in [0.15, 0.2) is 12.4 Å². The van der Waals surface area contributed by atoms with Crippen molar-refractivity contribution in [2.24, 2.45) is 18.1 Å². The third kappa shape index (κ3) is 2.83. The lowest BCUT2D eigenvalue weighted by molar-refractivity contribution is -0.117. The molecule has 2 N–H and O–H groups in total. The first-order valence-corrected chi connectivity index (χ1v) is 6.86. The molecular formula is C9H14N4O3S. The molecule has 0 aliphatic carbocycles. The van der Waals surface area contributed by atoms with Crippen molar-refractivity contribution in [3.05, 3.63) is 12.4 Å². The van der Waals surface area contributed by atoms with Crippen molar-refractivity contribution < 1.29 is 13.2 Å². The average molecular weight is 258 g/mol. The number of nitrogens with zero attached hydrogens (tertiary/aromatic N) is 3. The molecule has 1 aliphatic heterocycles. The molecule has 0 aromatic carbocycles. The SMILES string of the molecule is Cn1cc(N2CC(CS(N)(=O)=O)CC2=O)cn1. The highest BCUT2D eigenvalue weighted by molar-refractivity contribution is 7.89. The summed E-state index contributed by atoms with van der Waals surface area (Å²) < 4.78 is 23.5. The molecular weight excluding hydrogens is 244 g/mol. The highest BCUT2D eigenvalue weighted by Gasteiger charge is 2.33. The number of carbonyl (C=O) groups is 1. The van der Waals surface area contributed by atoms with Crippen molar-refractivity contribution in [2.45, 2.75) is 6.42 Å². The second kappa shape index (κ2) is 4.11. The van der Waals surface area contributed by atoms with Crippen molar-refractivity contribution in [1.82, 2.24) is 9.78 Å². The Morgan fingerprint density at radius 1 is 1.59 bits per heavy atom. The standard InChI is InChI=1S/C9H14N4O3S/c1-12-5-8(3-11-12)13-4-7(2-9(13)14)6-17(10,15)16/h3,5,7H,2,4,6H2,1H3,(H2,10,15,16). The van der Waals surface area contributed by atoms with Crippen LogP contribution in [0.3, 0.4) is 0 Å². The second-order valence-corrected chi connectivity index (χ2v) is 5.94. The van der Waals surface area contributed by atoms with Crippen LogP contribution >= 0.6 is 0 Å². The zero-order chi connectivity index (χ0) is 12.6. The normalized spacial score (nSPS) is 21.2. The first-order chi connectivity index (χ1) is 7.85. The minimum absolute atomic E-state index is 0.0911. The van der Waals surface area contributed by atoms with Crippen molar-refractivity contribution in [2.75, 3.05) is 17.2 Å². The van der Waals surface area contributed by atoms with Gasteiger partial charge in [-0.05, 0) is 0 Å². The molecule has 1 amide bonds. The van der Waals surface area contributed by atoms with Crippen LogP contribution in [0.25, 0.3) is 0 Å². The number of amides is 1. The number of sulfonamides is 1. The summed E-state index contributed by atoms with van der Waals surface area (Å²) in [6.45, 7) is 0.376. The fraction of sp³-hybridized carbons (Fsp3) is 0.556. The van der Waals surface area contributed by atoms with Gasteiger partial charge in [-0.3, -0.25) is 9.48 Å². The van der Waals surface area contributed by atoms with E-state index in [4.69, 9.17) is 5.14 Å².